The zero-order valence-electron chi connectivity index (χ0n) is 11.7. The fourth-order valence-corrected chi connectivity index (χ4v) is 2.04. The molecule has 104 valence electrons. The lowest BCUT2D eigenvalue weighted by Gasteiger charge is -2.11. The van der Waals surface area contributed by atoms with Crippen LogP contribution in [0.5, 0.6) is 0 Å². The molecule has 0 saturated heterocycles. The van der Waals surface area contributed by atoms with E-state index in [1.807, 2.05) is 30.5 Å². The molecule has 0 aliphatic carbocycles. The van der Waals surface area contributed by atoms with Gasteiger partial charge in [-0.3, -0.25) is 0 Å². The van der Waals surface area contributed by atoms with Crippen LogP contribution >= 0.6 is 0 Å². The highest BCUT2D eigenvalue weighted by Gasteiger charge is 2.15. The lowest BCUT2D eigenvalue weighted by molar-refractivity contribution is 0.114. The predicted octanol–water partition coefficient (Wildman–Crippen LogP) is 2.43. The number of rotatable bonds is 6. The number of nitrogens with one attached hydrogen (secondary N) is 1. The van der Waals surface area contributed by atoms with Crippen LogP contribution in [-0.2, 0) is 9.47 Å². The first kappa shape index (κ1) is 14.3. The van der Waals surface area contributed by atoms with Gasteiger partial charge in [0.15, 0.2) is 0 Å². The minimum atomic E-state index is 0.101. The third-order valence-corrected chi connectivity index (χ3v) is 3.07. The molecule has 4 heteroatoms. The van der Waals surface area contributed by atoms with E-state index in [4.69, 9.17) is 15.9 Å². The Morgan fingerprint density at radius 2 is 1.85 bits per heavy atom. The zero-order valence-corrected chi connectivity index (χ0v) is 11.7. The number of aromatic nitrogens is 2. The summed E-state index contributed by atoms with van der Waals surface area (Å²) in [5.74, 6) is 3.57. The van der Waals surface area contributed by atoms with Crippen LogP contribution in [0.25, 0.3) is 11.3 Å². The van der Waals surface area contributed by atoms with E-state index in [2.05, 4.69) is 15.9 Å². The fourth-order valence-electron chi connectivity index (χ4n) is 2.04. The highest BCUT2D eigenvalue weighted by atomic mass is 16.5. The molecule has 20 heavy (non-hydrogen) atoms. The number of terminal acetylenes is 1. The molecule has 0 atom stereocenters. The maximum Gasteiger partial charge on any atom is 0.114 e. The Kier molecular flexibility index (Phi) is 4.94. The lowest BCUT2D eigenvalue weighted by atomic mass is 10.1. The van der Waals surface area contributed by atoms with Crippen molar-refractivity contribution in [2.24, 2.45) is 0 Å². The van der Waals surface area contributed by atoms with Crippen LogP contribution in [0.4, 0.5) is 0 Å². The molecule has 0 fully saturated rings. The van der Waals surface area contributed by atoms with Crippen molar-refractivity contribution in [2.75, 3.05) is 27.4 Å². The third-order valence-electron chi connectivity index (χ3n) is 3.07. The van der Waals surface area contributed by atoms with Gasteiger partial charge in [0.05, 0.1) is 24.8 Å². The van der Waals surface area contributed by atoms with Crippen LogP contribution in [0.2, 0.25) is 0 Å². The third kappa shape index (κ3) is 3.27. The number of aromatic amines is 1. The van der Waals surface area contributed by atoms with Gasteiger partial charge in [0, 0.05) is 31.5 Å². The van der Waals surface area contributed by atoms with E-state index >= 15 is 0 Å². The van der Waals surface area contributed by atoms with Gasteiger partial charge in [-0.15, -0.1) is 6.42 Å². The maximum atomic E-state index is 5.35. The van der Waals surface area contributed by atoms with Gasteiger partial charge in [0.1, 0.15) is 5.82 Å². The zero-order chi connectivity index (χ0) is 14.4. The van der Waals surface area contributed by atoms with Gasteiger partial charge in [0.25, 0.3) is 0 Å². The number of H-pyrrole nitrogens is 1. The van der Waals surface area contributed by atoms with E-state index in [1.54, 1.807) is 14.2 Å². The Morgan fingerprint density at radius 3 is 2.40 bits per heavy atom. The molecule has 1 heterocycles. The van der Waals surface area contributed by atoms with Crippen molar-refractivity contribution in [3.63, 3.8) is 0 Å². The summed E-state index contributed by atoms with van der Waals surface area (Å²) < 4.78 is 10.4. The average molecular weight is 270 g/mol. The van der Waals surface area contributed by atoms with Crippen molar-refractivity contribution in [1.82, 2.24) is 9.97 Å². The number of imidazole rings is 1. The number of hydrogen-bond acceptors (Lipinski definition) is 3. The lowest BCUT2D eigenvalue weighted by Crippen LogP contribution is -2.13. The number of nitrogens with zero attached hydrogens (tertiary/aromatic N) is 1. The summed E-state index contributed by atoms with van der Waals surface area (Å²) in [7, 11) is 3.34. The van der Waals surface area contributed by atoms with Crippen molar-refractivity contribution >= 4 is 0 Å². The molecule has 0 radical (unpaired) electrons. The Bertz CT molecular complexity index is 575. The molecule has 2 rings (SSSR count). The Labute approximate surface area is 119 Å². The van der Waals surface area contributed by atoms with Gasteiger partial charge in [-0.2, -0.15) is 0 Å². The summed E-state index contributed by atoms with van der Waals surface area (Å²) in [6.45, 7) is 1.13. The van der Waals surface area contributed by atoms with Crippen molar-refractivity contribution in [3.8, 4) is 23.6 Å². The van der Waals surface area contributed by atoms with Crippen LogP contribution in [0.3, 0.4) is 0 Å². The van der Waals surface area contributed by atoms with Gasteiger partial charge in [-0.05, 0) is 12.1 Å². The van der Waals surface area contributed by atoms with Gasteiger partial charge in [-0.25, -0.2) is 4.98 Å². The average Bonchev–Trinajstić information content (AvgIpc) is 2.97. The largest absolute Gasteiger partial charge is 0.384 e. The fraction of sp³-hybridized carbons (Fsp3) is 0.312. The minimum absolute atomic E-state index is 0.101. The monoisotopic (exact) mass is 270 g/mol. The highest BCUT2D eigenvalue weighted by Crippen LogP contribution is 2.21. The van der Waals surface area contributed by atoms with E-state index < -0.39 is 0 Å². The van der Waals surface area contributed by atoms with Crippen molar-refractivity contribution < 1.29 is 9.47 Å². The Hall–Kier alpha value is -2.09. The first-order chi connectivity index (χ1) is 9.78. The van der Waals surface area contributed by atoms with Crippen molar-refractivity contribution in [3.05, 3.63) is 41.9 Å². The van der Waals surface area contributed by atoms with E-state index in [1.165, 1.54) is 0 Å². The predicted molar refractivity (Wildman–Crippen MR) is 78.5 cm³/mol. The smallest absolute Gasteiger partial charge is 0.114 e. The van der Waals surface area contributed by atoms with E-state index in [-0.39, 0.29) is 5.92 Å². The molecule has 0 spiro atoms. The SMILES string of the molecule is C#Cc1ccc(-c2c[nH]c(C(COC)COC)n2)cc1. The van der Waals surface area contributed by atoms with E-state index in [0.717, 1.165) is 22.6 Å². The standard InChI is InChI=1S/C16H18N2O2/c1-4-12-5-7-13(8-6-12)15-9-17-16(18-15)14(10-19-2)11-20-3/h1,5-9,14H,10-11H2,2-3H3,(H,17,18). The molecule has 0 saturated carbocycles. The number of ether oxygens (including phenoxy) is 2. The molecule has 0 aliphatic rings. The summed E-state index contributed by atoms with van der Waals surface area (Å²) in [6, 6.07) is 7.75. The highest BCUT2D eigenvalue weighted by molar-refractivity contribution is 5.59. The van der Waals surface area contributed by atoms with E-state index in [0.29, 0.717) is 13.2 Å². The topological polar surface area (TPSA) is 47.1 Å². The molecule has 0 aliphatic heterocycles. The summed E-state index contributed by atoms with van der Waals surface area (Å²) in [4.78, 5) is 7.80. The second-order valence-corrected chi connectivity index (χ2v) is 4.50. The maximum absolute atomic E-state index is 5.35. The second-order valence-electron chi connectivity index (χ2n) is 4.50. The molecule has 4 nitrogen and oxygen atoms in total. The van der Waals surface area contributed by atoms with Gasteiger partial charge in [0.2, 0.25) is 0 Å². The summed E-state index contributed by atoms with van der Waals surface area (Å²) in [5.41, 5.74) is 2.78. The van der Waals surface area contributed by atoms with Gasteiger partial charge >= 0.3 is 0 Å². The van der Waals surface area contributed by atoms with Crippen LogP contribution in [0.1, 0.15) is 17.3 Å². The quantitative estimate of drug-likeness (QED) is 0.820. The molecular formula is C16H18N2O2. The molecule has 0 unspecified atom stereocenters. The minimum Gasteiger partial charge on any atom is -0.384 e. The molecule has 0 bridgehead atoms. The van der Waals surface area contributed by atoms with Gasteiger partial charge < -0.3 is 14.5 Å². The van der Waals surface area contributed by atoms with Gasteiger partial charge in [-0.1, -0.05) is 18.1 Å². The molecule has 1 aromatic carbocycles. The Morgan fingerprint density at radius 1 is 1.20 bits per heavy atom. The molecule has 1 aromatic heterocycles. The van der Waals surface area contributed by atoms with E-state index in [9.17, 15) is 0 Å². The van der Waals surface area contributed by atoms with Crippen molar-refractivity contribution in [2.45, 2.75) is 5.92 Å². The summed E-state index contributed by atoms with van der Waals surface area (Å²) in [6.07, 6.45) is 7.24. The number of methoxy groups -OCH3 is 2. The summed E-state index contributed by atoms with van der Waals surface area (Å²) in [5, 5.41) is 0. The number of benzene rings is 1. The molecule has 2 aromatic rings. The summed E-state index contributed by atoms with van der Waals surface area (Å²) >= 11 is 0. The first-order valence-corrected chi connectivity index (χ1v) is 6.38. The van der Waals surface area contributed by atoms with Crippen molar-refractivity contribution in [1.29, 1.82) is 0 Å². The Balaban J connectivity index is 2.20. The van der Waals surface area contributed by atoms with Crippen LogP contribution < -0.4 is 0 Å². The van der Waals surface area contributed by atoms with Crippen LogP contribution in [-0.4, -0.2) is 37.4 Å². The first-order valence-electron chi connectivity index (χ1n) is 6.38. The molecular weight excluding hydrogens is 252 g/mol. The molecule has 0 amide bonds. The molecule has 1 N–H and O–H groups in total. The van der Waals surface area contributed by atoms with Crippen LogP contribution in [0, 0.1) is 12.3 Å². The second kappa shape index (κ2) is 6.90. The van der Waals surface area contributed by atoms with Crippen LogP contribution in [0.15, 0.2) is 30.5 Å². The number of hydrogen-bond donors (Lipinski definition) is 1. The normalized spacial score (nSPS) is 10.7.